The molecule has 0 saturated carbocycles. The van der Waals surface area contributed by atoms with Crippen molar-refractivity contribution in [3.8, 4) is 5.75 Å². The van der Waals surface area contributed by atoms with Crippen molar-refractivity contribution in [2.45, 2.75) is 6.61 Å². The summed E-state index contributed by atoms with van der Waals surface area (Å²) in [5, 5.41) is 1.61. The molecule has 2 aromatic carbocycles. The average Bonchev–Trinajstić information content (AvgIpc) is 2.65. The second-order valence-corrected chi connectivity index (χ2v) is 6.15. The smallest absolute Gasteiger partial charge is 0.337 e. The molecule has 0 bridgehead atoms. The summed E-state index contributed by atoms with van der Waals surface area (Å²) in [6, 6.07) is 15.0. The number of aromatic nitrogens is 1. The van der Waals surface area contributed by atoms with Crippen LogP contribution in [0.3, 0.4) is 0 Å². The first-order chi connectivity index (χ1) is 12.2. The fraction of sp³-hybridized carbons (Fsp3) is 0.100. The van der Waals surface area contributed by atoms with Gasteiger partial charge in [0.25, 0.3) is 0 Å². The van der Waals surface area contributed by atoms with Crippen molar-refractivity contribution in [3.05, 3.63) is 76.5 Å². The second-order valence-electron chi connectivity index (χ2n) is 5.71. The maximum absolute atomic E-state index is 12.4. The summed E-state index contributed by atoms with van der Waals surface area (Å²) in [6.07, 6.45) is 3.49. The molecule has 124 valence electrons. The number of rotatable bonds is 3. The molecule has 0 amide bonds. The lowest BCUT2D eigenvalue weighted by atomic mass is 10.1. The summed E-state index contributed by atoms with van der Waals surface area (Å²) in [5.74, 6) is 0.303. The van der Waals surface area contributed by atoms with E-state index >= 15 is 0 Å². The maximum Gasteiger partial charge on any atom is 0.337 e. The van der Waals surface area contributed by atoms with Gasteiger partial charge in [0.2, 0.25) is 0 Å². The van der Waals surface area contributed by atoms with Gasteiger partial charge < -0.3 is 9.47 Å². The van der Waals surface area contributed by atoms with Crippen molar-refractivity contribution in [1.82, 2.24) is 4.98 Å². The number of carbonyl (C=O) groups is 1. The Labute approximate surface area is 149 Å². The average molecular weight is 352 g/mol. The van der Waals surface area contributed by atoms with Gasteiger partial charge in [-0.2, -0.15) is 0 Å². The number of esters is 1. The quantitative estimate of drug-likeness (QED) is 0.656. The highest BCUT2D eigenvalue weighted by molar-refractivity contribution is 6.30. The number of carbonyl (C=O) groups excluding carboxylic acids is 1. The van der Waals surface area contributed by atoms with E-state index in [1.165, 1.54) is 0 Å². The number of hydrogen-bond donors (Lipinski definition) is 0. The molecule has 4 rings (SSSR count). The van der Waals surface area contributed by atoms with Crippen LogP contribution in [0.2, 0.25) is 5.02 Å². The van der Waals surface area contributed by atoms with E-state index in [0.717, 1.165) is 22.0 Å². The van der Waals surface area contributed by atoms with Crippen LogP contribution in [0.5, 0.6) is 5.75 Å². The summed E-state index contributed by atoms with van der Waals surface area (Å²) in [7, 11) is 0. The van der Waals surface area contributed by atoms with Crippen LogP contribution in [-0.4, -0.2) is 17.6 Å². The SMILES string of the molecule is O=C(OCc1cccc2cccnc12)C1=Cc2cc(Cl)ccc2OC1. The Bertz CT molecular complexity index is 992. The number of hydrogen-bond acceptors (Lipinski definition) is 4. The van der Waals surface area contributed by atoms with E-state index in [1.54, 1.807) is 30.5 Å². The number of fused-ring (bicyclic) bond motifs is 2. The van der Waals surface area contributed by atoms with Gasteiger partial charge >= 0.3 is 5.97 Å². The minimum absolute atomic E-state index is 0.160. The standard InChI is InChI=1S/C20H14ClNO3/c21-17-6-7-18-15(10-17)9-16(12-24-18)20(23)25-11-14-4-1-3-13-5-2-8-22-19(13)14/h1-10H,11-12H2. The molecule has 0 atom stereocenters. The zero-order chi connectivity index (χ0) is 17.2. The van der Waals surface area contributed by atoms with Gasteiger partial charge in [-0.25, -0.2) is 4.79 Å². The fourth-order valence-electron chi connectivity index (χ4n) is 2.79. The highest BCUT2D eigenvalue weighted by Gasteiger charge is 2.19. The fourth-order valence-corrected chi connectivity index (χ4v) is 2.97. The largest absolute Gasteiger partial charge is 0.488 e. The molecule has 0 N–H and O–H groups in total. The number of benzene rings is 2. The van der Waals surface area contributed by atoms with Crippen molar-refractivity contribution < 1.29 is 14.3 Å². The monoisotopic (exact) mass is 351 g/mol. The third kappa shape index (κ3) is 3.21. The third-order valence-electron chi connectivity index (χ3n) is 4.02. The van der Waals surface area contributed by atoms with Crippen molar-refractivity contribution in [1.29, 1.82) is 0 Å². The van der Waals surface area contributed by atoms with Crippen LogP contribution in [-0.2, 0) is 16.1 Å². The zero-order valence-electron chi connectivity index (χ0n) is 13.2. The minimum atomic E-state index is -0.404. The molecule has 1 aliphatic heterocycles. The predicted octanol–water partition coefficient (Wildman–Crippen LogP) is 4.41. The van der Waals surface area contributed by atoms with Crippen LogP contribution in [0, 0.1) is 0 Å². The van der Waals surface area contributed by atoms with Crippen LogP contribution in [0.15, 0.2) is 60.3 Å². The van der Waals surface area contributed by atoms with E-state index in [4.69, 9.17) is 21.1 Å². The molecular weight excluding hydrogens is 338 g/mol. The molecule has 1 aromatic heterocycles. The zero-order valence-corrected chi connectivity index (χ0v) is 14.0. The molecule has 0 radical (unpaired) electrons. The van der Waals surface area contributed by atoms with Gasteiger partial charge in [0.05, 0.1) is 11.1 Å². The lowest BCUT2D eigenvalue weighted by Crippen LogP contribution is -2.17. The van der Waals surface area contributed by atoms with Crippen LogP contribution in [0.25, 0.3) is 17.0 Å². The first kappa shape index (κ1) is 15.7. The van der Waals surface area contributed by atoms with E-state index in [9.17, 15) is 4.79 Å². The molecule has 2 heterocycles. The Balaban J connectivity index is 1.53. The van der Waals surface area contributed by atoms with Gasteiger partial charge in [-0.1, -0.05) is 35.9 Å². The molecule has 0 unspecified atom stereocenters. The third-order valence-corrected chi connectivity index (χ3v) is 4.26. The summed E-state index contributed by atoms with van der Waals surface area (Å²) in [4.78, 5) is 16.7. The lowest BCUT2D eigenvalue weighted by molar-refractivity contribution is -0.140. The van der Waals surface area contributed by atoms with Gasteiger partial charge in [0.15, 0.2) is 0 Å². The molecule has 4 nitrogen and oxygen atoms in total. The van der Waals surface area contributed by atoms with E-state index in [0.29, 0.717) is 16.3 Å². The van der Waals surface area contributed by atoms with Gasteiger partial charge in [0, 0.05) is 27.7 Å². The minimum Gasteiger partial charge on any atom is -0.488 e. The maximum atomic E-state index is 12.4. The van der Waals surface area contributed by atoms with Crippen LogP contribution >= 0.6 is 11.6 Å². The summed E-state index contributed by atoms with van der Waals surface area (Å²) < 4.78 is 11.1. The number of halogens is 1. The summed E-state index contributed by atoms with van der Waals surface area (Å²) >= 11 is 5.99. The van der Waals surface area contributed by atoms with Gasteiger partial charge in [-0.15, -0.1) is 0 Å². The molecular formula is C20H14ClNO3. The van der Waals surface area contributed by atoms with E-state index < -0.39 is 5.97 Å². The molecule has 0 spiro atoms. The van der Waals surface area contributed by atoms with Gasteiger partial charge in [-0.05, 0) is 30.3 Å². The molecule has 3 aromatic rings. The number of para-hydroxylation sites is 1. The van der Waals surface area contributed by atoms with Crippen molar-refractivity contribution in [2.75, 3.05) is 6.61 Å². The van der Waals surface area contributed by atoms with E-state index in [-0.39, 0.29) is 13.2 Å². The second kappa shape index (κ2) is 6.57. The van der Waals surface area contributed by atoms with Crippen LogP contribution < -0.4 is 4.74 Å². The Morgan fingerprint density at radius 1 is 1.20 bits per heavy atom. The summed E-state index contributed by atoms with van der Waals surface area (Å²) in [6.45, 7) is 0.341. The van der Waals surface area contributed by atoms with Crippen molar-refractivity contribution >= 4 is 34.5 Å². The Morgan fingerprint density at radius 2 is 2.08 bits per heavy atom. The number of ether oxygens (including phenoxy) is 2. The molecule has 0 fully saturated rings. The normalized spacial score (nSPS) is 12.9. The van der Waals surface area contributed by atoms with Crippen LogP contribution in [0.1, 0.15) is 11.1 Å². The van der Waals surface area contributed by atoms with Crippen LogP contribution in [0.4, 0.5) is 0 Å². The predicted molar refractivity (Wildman–Crippen MR) is 96.5 cm³/mol. The summed E-state index contributed by atoms with van der Waals surface area (Å²) in [5.41, 5.74) is 2.94. The molecule has 25 heavy (non-hydrogen) atoms. The Hall–Kier alpha value is -2.85. The first-order valence-electron chi connectivity index (χ1n) is 7.83. The number of pyridine rings is 1. The molecule has 0 aliphatic carbocycles. The molecule has 0 saturated heterocycles. The first-order valence-corrected chi connectivity index (χ1v) is 8.21. The van der Waals surface area contributed by atoms with E-state index in [1.807, 2.05) is 30.3 Å². The lowest BCUT2D eigenvalue weighted by Gasteiger charge is -2.17. The van der Waals surface area contributed by atoms with Gasteiger partial charge in [0.1, 0.15) is 19.0 Å². The van der Waals surface area contributed by atoms with Gasteiger partial charge in [-0.3, -0.25) is 4.98 Å². The molecule has 5 heteroatoms. The highest BCUT2D eigenvalue weighted by atomic mass is 35.5. The van der Waals surface area contributed by atoms with Crippen molar-refractivity contribution in [2.24, 2.45) is 0 Å². The number of nitrogens with zero attached hydrogens (tertiary/aromatic N) is 1. The van der Waals surface area contributed by atoms with Crippen molar-refractivity contribution in [3.63, 3.8) is 0 Å². The molecule has 1 aliphatic rings. The van der Waals surface area contributed by atoms with E-state index in [2.05, 4.69) is 4.98 Å². The Morgan fingerprint density at radius 3 is 3.00 bits per heavy atom. The Kier molecular flexibility index (Phi) is 4.12. The highest BCUT2D eigenvalue weighted by Crippen LogP contribution is 2.29. The topological polar surface area (TPSA) is 48.4 Å².